The lowest BCUT2D eigenvalue weighted by atomic mass is 10.00. The highest BCUT2D eigenvalue weighted by Crippen LogP contribution is 2.22. The molecule has 146 valence electrons. The van der Waals surface area contributed by atoms with E-state index >= 15 is 0 Å². The van der Waals surface area contributed by atoms with Gasteiger partial charge < -0.3 is 9.73 Å². The molecule has 0 aliphatic rings. The van der Waals surface area contributed by atoms with E-state index in [9.17, 15) is 9.59 Å². The van der Waals surface area contributed by atoms with E-state index in [2.05, 4.69) is 12.2 Å². The number of amides is 1. The Bertz CT molecular complexity index is 1020. The SMILES string of the molecule is CCCC(NC(=O)CCc1c(C)c2ccc(C)cc2oc1=O)c1ccccc1. The molecule has 0 saturated carbocycles. The van der Waals surface area contributed by atoms with Gasteiger partial charge in [0, 0.05) is 17.4 Å². The van der Waals surface area contributed by atoms with Crippen LogP contribution < -0.4 is 10.9 Å². The molecule has 4 nitrogen and oxygen atoms in total. The normalized spacial score (nSPS) is 12.1. The predicted molar refractivity (Wildman–Crippen MR) is 113 cm³/mol. The molecule has 1 amide bonds. The molecule has 1 N–H and O–H groups in total. The number of rotatable bonds is 7. The molecule has 1 heterocycles. The van der Waals surface area contributed by atoms with Crippen LogP contribution >= 0.6 is 0 Å². The Kier molecular flexibility index (Phi) is 6.30. The van der Waals surface area contributed by atoms with Gasteiger partial charge in [-0.1, -0.05) is 55.8 Å². The Labute approximate surface area is 165 Å². The maximum absolute atomic E-state index is 12.6. The molecule has 0 aliphatic carbocycles. The van der Waals surface area contributed by atoms with Gasteiger partial charge in [0.2, 0.25) is 5.91 Å². The number of carbonyl (C=O) groups is 1. The Morgan fingerprint density at radius 3 is 2.57 bits per heavy atom. The average molecular weight is 377 g/mol. The van der Waals surface area contributed by atoms with E-state index in [1.807, 2.05) is 62.4 Å². The zero-order valence-corrected chi connectivity index (χ0v) is 16.7. The van der Waals surface area contributed by atoms with Gasteiger partial charge in [0.05, 0.1) is 6.04 Å². The maximum Gasteiger partial charge on any atom is 0.339 e. The second kappa shape index (κ2) is 8.87. The van der Waals surface area contributed by atoms with Gasteiger partial charge in [-0.05, 0) is 49.4 Å². The monoisotopic (exact) mass is 377 g/mol. The second-order valence-corrected chi connectivity index (χ2v) is 7.31. The molecule has 0 spiro atoms. The molecule has 0 radical (unpaired) electrons. The first-order valence-electron chi connectivity index (χ1n) is 9.87. The summed E-state index contributed by atoms with van der Waals surface area (Å²) in [6.07, 6.45) is 2.49. The van der Waals surface area contributed by atoms with Crippen molar-refractivity contribution in [3.8, 4) is 0 Å². The summed E-state index contributed by atoms with van der Waals surface area (Å²) in [5.41, 5.74) is 3.88. The fourth-order valence-electron chi connectivity index (χ4n) is 3.59. The minimum Gasteiger partial charge on any atom is -0.423 e. The molecular weight excluding hydrogens is 350 g/mol. The van der Waals surface area contributed by atoms with Gasteiger partial charge in [-0.25, -0.2) is 4.79 Å². The lowest BCUT2D eigenvalue weighted by molar-refractivity contribution is -0.121. The second-order valence-electron chi connectivity index (χ2n) is 7.31. The molecule has 0 saturated heterocycles. The van der Waals surface area contributed by atoms with Crippen LogP contribution in [0.1, 0.15) is 54.5 Å². The van der Waals surface area contributed by atoms with E-state index in [1.165, 1.54) is 0 Å². The molecule has 0 bridgehead atoms. The molecule has 3 aromatic rings. The third kappa shape index (κ3) is 4.50. The first kappa shape index (κ1) is 19.9. The van der Waals surface area contributed by atoms with Crippen molar-refractivity contribution < 1.29 is 9.21 Å². The molecule has 0 fully saturated rings. The lowest BCUT2D eigenvalue weighted by Crippen LogP contribution is -2.29. The number of fused-ring (bicyclic) bond motifs is 1. The standard InChI is InChI=1S/C24H27NO3/c1-4-8-21(18-9-6-5-7-10-18)25-23(26)14-13-20-17(3)19-12-11-16(2)15-22(19)28-24(20)27/h5-7,9-12,15,21H,4,8,13-14H2,1-3H3,(H,25,26). The van der Waals surface area contributed by atoms with Crippen molar-refractivity contribution in [2.45, 2.75) is 52.5 Å². The van der Waals surface area contributed by atoms with E-state index < -0.39 is 0 Å². The summed E-state index contributed by atoms with van der Waals surface area (Å²) in [5.74, 6) is -0.0508. The Morgan fingerprint density at radius 1 is 1.11 bits per heavy atom. The van der Waals surface area contributed by atoms with E-state index in [1.54, 1.807) is 0 Å². The van der Waals surface area contributed by atoms with E-state index in [-0.39, 0.29) is 24.0 Å². The molecule has 1 aromatic heterocycles. The average Bonchev–Trinajstić information content (AvgIpc) is 2.68. The summed E-state index contributed by atoms with van der Waals surface area (Å²) >= 11 is 0. The van der Waals surface area contributed by atoms with Gasteiger partial charge in [-0.3, -0.25) is 4.79 Å². The highest BCUT2D eigenvalue weighted by Gasteiger charge is 2.16. The molecule has 1 unspecified atom stereocenters. The molecule has 3 rings (SSSR count). The quantitative estimate of drug-likeness (QED) is 0.590. The minimum atomic E-state index is -0.350. The van der Waals surface area contributed by atoms with Crippen LogP contribution in [0.2, 0.25) is 0 Å². The summed E-state index contributed by atoms with van der Waals surface area (Å²) in [4.78, 5) is 25.0. The smallest absolute Gasteiger partial charge is 0.339 e. The van der Waals surface area contributed by atoms with Crippen LogP contribution in [0.5, 0.6) is 0 Å². The number of carbonyl (C=O) groups excluding carboxylic acids is 1. The van der Waals surface area contributed by atoms with Crippen molar-refractivity contribution in [2.75, 3.05) is 0 Å². The van der Waals surface area contributed by atoms with E-state index in [0.717, 1.165) is 34.9 Å². The van der Waals surface area contributed by atoms with Crippen molar-refractivity contribution in [1.29, 1.82) is 0 Å². The predicted octanol–water partition coefficient (Wildman–Crippen LogP) is 5.00. The Balaban J connectivity index is 1.73. The summed E-state index contributed by atoms with van der Waals surface area (Å²) in [5, 5.41) is 4.04. The molecule has 28 heavy (non-hydrogen) atoms. The van der Waals surface area contributed by atoms with Crippen LogP contribution in [0.3, 0.4) is 0 Å². The highest BCUT2D eigenvalue weighted by atomic mass is 16.4. The molecule has 0 aliphatic heterocycles. The maximum atomic E-state index is 12.6. The van der Waals surface area contributed by atoms with Crippen molar-refractivity contribution in [3.05, 3.63) is 81.2 Å². The lowest BCUT2D eigenvalue weighted by Gasteiger charge is -2.18. The topological polar surface area (TPSA) is 59.3 Å². The van der Waals surface area contributed by atoms with Gasteiger partial charge in [-0.15, -0.1) is 0 Å². The van der Waals surface area contributed by atoms with Crippen molar-refractivity contribution in [3.63, 3.8) is 0 Å². The van der Waals surface area contributed by atoms with Crippen LogP contribution in [0.25, 0.3) is 11.0 Å². The summed E-state index contributed by atoms with van der Waals surface area (Å²) in [6.45, 7) is 5.99. The number of hydrogen-bond acceptors (Lipinski definition) is 3. The Hall–Kier alpha value is -2.88. The summed E-state index contributed by atoms with van der Waals surface area (Å²) in [7, 11) is 0. The third-order valence-electron chi connectivity index (χ3n) is 5.16. The van der Waals surface area contributed by atoms with Crippen LogP contribution in [0.15, 0.2) is 57.7 Å². The van der Waals surface area contributed by atoms with E-state index in [4.69, 9.17) is 4.42 Å². The van der Waals surface area contributed by atoms with Gasteiger partial charge in [0.1, 0.15) is 5.58 Å². The number of aryl methyl sites for hydroxylation is 2. The van der Waals surface area contributed by atoms with Crippen molar-refractivity contribution >= 4 is 16.9 Å². The van der Waals surface area contributed by atoms with Gasteiger partial charge in [0.25, 0.3) is 0 Å². The van der Waals surface area contributed by atoms with Crippen molar-refractivity contribution in [2.24, 2.45) is 0 Å². The first-order chi connectivity index (χ1) is 13.5. The minimum absolute atomic E-state index is 0.00390. The van der Waals surface area contributed by atoms with E-state index in [0.29, 0.717) is 17.6 Å². The molecular formula is C24H27NO3. The van der Waals surface area contributed by atoms with Crippen molar-refractivity contribution in [1.82, 2.24) is 5.32 Å². The van der Waals surface area contributed by atoms with Gasteiger partial charge in [0.15, 0.2) is 0 Å². The summed E-state index contributed by atoms with van der Waals surface area (Å²) < 4.78 is 5.49. The molecule has 2 aromatic carbocycles. The number of hydrogen-bond donors (Lipinski definition) is 1. The number of nitrogens with one attached hydrogen (secondary N) is 1. The van der Waals surface area contributed by atoms with Crippen LogP contribution in [0.4, 0.5) is 0 Å². The zero-order valence-electron chi connectivity index (χ0n) is 16.7. The van der Waals surface area contributed by atoms with Gasteiger partial charge in [-0.2, -0.15) is 0 Å². The first-order valence-corrected chi connectivity index (χ1v) is 9.87. The van der Waals surface area contributed by atoms with Crippen LogP contribution in [-0.2, 0) is 11.2 Å². The number of benzene rings is 2. The van der Waals surface area contributed by atoms with Crippen LogP contribution in [0, 0.1) is 13.8 Å². The highest BCUT2D eigenvalue weighted by molar-refractivity contribution is 5.82. The third-order valence-corrected chi connectivity index (χ3v) is 5.16. The fraction of sp³-hybridized carbons (Fsp3) is 0.333. The zero-order chi connectivity index (χ0) is 20.1. The fourth-order valence-corrected chi connectivity index (χ4v) is 3.59. The largest absolute Gasteiger partial charge is 0.423 e. The Morgan fingerprint density at radius 2 is 1.86 bits per heavy atom. The van der Waals surface area contributed by atoms with Gasteiger partial charge >= 0.3 is 5.63 Å². The molecule has 1 atom stereocenters. The van der Waals surface area contributed by atoms with Crippen LogP contribution in [-0.4, -0.2) is 5.91 Å². The molecule has 4 heteroatoms. The summed E-state index contributed by atoms with van der Waals surface area (Å²) in [6, 6.07) is 15.8.